The number of rotatable bonds is 6. The SMILES string of the molecule is CNCc1cccc(SCc2ccc(C#N)c(OC)c2)c1. The Hall–Kier alpha value is -1.96. The molecule has 0 aliphatic rings. The van der Waals surface area contributed by atoms with Crippen molar-refractivity contribution < 1.29 is 4.74 Å². The number of methoxy groups -OCH3 is 1. The van der Waals surface area contributed by atoms with E-state index in [-0.39, 0.29) is 0 Å². The zero-order valence-corrected chi connectivity index (χ0v) is 13.0. The lowest BCUT2D eigenvalue weighted by Gasteiger charge is -2.07. The van der Waals surface area contributed by atoms with Gasteiger partial charge in [0.25, 0.3) is 0 Å². The van der Waals surface area contributed by atoms with Gasteiger partial charge in [-0.1, -0.05) is 18.2 Å². The molecule has 0 aliphatic carbocycles. The molecule has 2 rings (SSSR count). The minimum atomic E-state index is 0.572. The highest BCUT2D eigenvalue weighted by atomic mass is 32.2. The molecule has 0 atom stereocenters. The lowest BCUT2D eigenvalue weighted by Crippen LogP contribution is -2.04. The Kier molecular flexibility index (Phi) is 5.68. The molecule has 0 aliphatic heterocycles. The molecular formula is C17H18N2OS. The van der Waals surface area contributed by atoms with Gasteiger partial charge in [0.15, 0.2) is 0 Å². The van der Waals surface area contributed by atoms with E-state index in [4.69, 9.17) is 10.00 Å². The van der Waals surface area contributed by atoms with E-state index >= 15 is 0 Å². The van der Waals surface area contributed by atoms with Crippen LogP contribution in [0.15, 0.2) is 47.4 Å². The topological polar surface area (TPSA) is 45.0 Å². The predicted octanol–water partition coefficient (Wildman–Crippen LogP) is 3.58. The third-order valence-electron chi connectivity index (χ3n) is 3.07. The maximum Gasteiger partial charge on any atom is 0.136 e. The highest BCUT2D eigenvalue weighted by Gasteiger charge is 2.04. The zero-order chi connectivity index (χ0) is 15.1. The number of nitrogens with one attached hydrogen (secondary N) is 1. The summed E-state index contributed by atoms with van der Waals surface area (Å²) >= 11 is 1.78. The normalized spacial score (nSPS) is 10.1. The molecule has 0 unspecified atom stereocenters. The molecule has 0 bridgehead atoms. The monoisotopic (exact) mass is 298 g/mol. The first-order valence-corrected chi connectivity index (χ1v) is 7.68. The second-order valence-electron chi connectivity index (χ2n) is 4.61. The largest absolute Gasteiger partial charge is 0.495 e. The number of ether oxygens (including phenoxy) is 1. The molecule has 0 radical (unpaired) electrons. The molecule has 0 fully saturated rings. The summed E-state index contributed by atoms with van der Waals surface area (Å²) < 4.78 is 5.24. The van der Waals surface area contributed by atoms with Crippen LogP contribution in [-0.4, -0.2) is 14.2 Å². The number of hydrogen-bond donors (Lipinski definition) is 1. The summed E-state index contributed by atoms with van der Waals surface area (Å²) in [7, 11) is 3.54. The molecule has 21 heavy (non-hydrogen) atoms. The average molecular weight is 298 g/mol. The van der Waals surface area contributed by atoms with Gasteiger partial charge in [-0.2, -0.15) is 5.26 Å². The van der Waals surface area contributed by atoms with Crippen LogP contribution in [0.1, 0.15) is 16.7 Å². The Labute approximate surface area is 129 Å². The molecule has 0 saturated carbocycles. The molecule has 0 amide bonds. The fourth-order valence-corrected chi connectivity index (χ4v) is 2.96. The summed E-state index contributed by atoms with van der Waals surface area (Å²) in [4.78, 5) is 1.24. The third-order valence-corrected chi connectivity index (χ3v) is 4.14. The summed E-state index contributed by atoms with van der Waals surface area (Å²) in [6.45, 7) is 0.874. The van der Waals surface area contributed by atoms with Crippen LogP contribution in [0.5, 0.6) is 5.75 Å². The van der Waals surface area contributed by atoms with E-state index in [0.717, 1.165) is 17.9 Å². The van der Waals surface area contributed by atoms with Gasteiger partial charge in [-0.25, -0.2) is 0 Å². The molecule has 108 valence electrons. The van der Waals surface area contributed by atoms with Crippen LogP contribution in [0.25, 0.3) is 0 Å². The Bertz CT molecular complexity index is 649. The minimum absolute atomic E-state index is 0.572. The van der Waals surface area contributed by atoms with Gasteiger partial charge >= 0.3 is 0 Å². The molecule has 2 aromatic carbocycles. The summed E-state index contributed by atoms with van der Waals surface area (Å²) in [5.74, 6) is 1.49. The van der Waals surface area contributed by atoms with Crippen LogP contribution in [0.4, 0.5) is 0 Å². The Morgan fingerprint density at radius 3 is 2.76 bits per heavy atom. The quantitative estimate of drug-likeness (QED) is 0.828. The molecule has 3 nitrogen and oxygen atoms in total. The average Bonchev–Trinajstić information content (AvgIpc) is 2.53. The van der Waals surface area contributed by atoms with Crippen LogP contribution >= 0.6 is 11.8 Å². The molecule has 1 N–H and O–H groups in total. The minimum Gasteiger partial charge on any atom is -0.495 e. The lowest BCUT2D eigenvalue weighted by molar-refractivity contribution is 0.413. The van der Waals surface area contributed by atoms with Gasteiger partial charge in [0.2, 0.25) is 0 Å². The van der Waals surface area contributed by atoms with Crippen LogP contribution in [0.2, 0.25) is 0 Å². The summed E-state index contributed by atoms with van der Waals surface area (Å²) in [6.07, 6.45) is 0. The lowest BCUT2D eigenvalue weighted by atomic mass is 10.1. The summed E-state index contributed by atoms with van der Waals surface area (Å²) in [5.41, 5.74) is 3.00. The van der Waals surface area contributed by atoms with Crippen LogP contribution in [-0.2, 0) is 12.3 Å². The number of nitrogens with zero attached hydrogens (tertiary/aromatic N) is 1. The second-order valence-corrected chi connectivity index (χ2v) is 5.66. The van der Waals surface area contributed by atoms with Crippen LogP contribution in [0, 0.1) is 11.3 Å². The highest BCUT2D eigenvalue weighted by Crippen LogP contribution is 2.27. The van der Waals surface area contributed by atoms with Crippen molar-refractivity contribution in [2.24, 2.45) is 0 Å². The second kappa shape index (κ2) is 7.72. The van der Waals surface area contributed by atoms with Gasteiger partial charge in [0, 0.05) is 17.2 Å². The molecule has 4 heteroatoms. The first-order valence-electron chi connectivity index (χ1n) is 6.70. The van der Waals surface area contributed by atoms with Gasteiger partial charge in [0.1, 0.15) is 11.8 Å². The van der Waals surface area contributed by atoms with Crippen molar-refractivity contribution in [1.82, 2.24) is 5.32 Å². The predicted molar refractivity (Wildman–Crippen MR) is 86.5 cm³/mol. The first-order chi connectivity index (χ1) is 10.3. The van der Waals surface area contributed by atoms with Crippen molar-refractivity contribution in [3.05, 3.63) is 59.2 Å². The van der Waals surface area contributed by atoms with E-state index in [9.17, 15) is 0 Å². The number of hydrogen-bond acceptors (Lipinski definition) is 4. The fourth-order valence-electron chi connectivity index (χ4n) is 2.03. The Morgan fingerprint density at radius 2 is 2.05 bits per heavy atom. The fraction of sp³-hybridized carbons (Fsp3) is 0.235. The molecule has 0 spiro atoms. The number of nitriles is 1. The van der Waals surface area contributed by atoms with Crippen molar-refractivity contribution in [1.29, 1.82) is 5.26 Å². The van der Waals surface area contributed by atoms with E-state index in [1.807, 2.05) is 25.2 Å². The molecule has 0 aromatic heterocycles. The Morgan fingerprint density at radius 1 is 1.19 bits per heavy atom. The first kappa shape index (κ1) is 15.4. The van der Waals surface area contributed by atoms with Crippen molar-refractivity contribution >= 4 is 11.8 Å². The van der Waals surface area contributed by atoms with Gasteiger partial charge in [0.05, 0.1) is 12.7 Å². The van der Waals surface area contributed by atoms with Crippen LogP contribution < -0.4 is 10.1 Å². The molecular weight excluding hydrogens is 280 g/mol. The number of benzene rings is 2. The van der Waals surface area contributed by atoms with Gasteiger partial charge in [-0.3, -0.25) is 0 Å². The van der Waals surface area contributed by atoms with E-state index in [1.54, 1.807) is 18.9 Å². The Balaban J connectivity index is 2.06. The smallest absolute Gasteiger partial charge is 0.136 e. The molecule has 2 aromatic rings. The van der Waals surface area contributed by atoms with Crippen molar-refractivity contribution in [2.75, 3.05) is 14.2 Å². The van der Waals surface area contributed by atoms with Crippen LogP contribution in [0.3, 0.4) is 0 Å². The maximum absolute atomic E-state index is 8.99. The van der Waals surface area contributed by atoms with E-state index in [2.05, 4.69) is 35.7 Å². The summed E-state index contributed by atoms with van der Waals surface area (Å²) in [5, 5.41) is 12.1. The number of thioether (sulfide) groups is 1. The van der Waals surface area contributed by atoms with E-state index in [0.29, 0.717) is 11.3 Å². The maximum atomic E-state index is 8.99. The van der Waals surface area contributed by atoms with Gasteiger partial charge in [-0.05, 0) is 42.4 Å². The molecule has 0 heterocycles. The van der Waals surface area contributed by atoms with Crippen molar-refractivity contribution in [3.63, 3.8) is 0 Å². The van der Waals surface area contributed by atoms with Crippen molar-refractivity contribution in [2.45, 2.75) is 17.2 Å². The van der Waals surface area contributed by atoms with Gasteiger partial charge < -0.3 is 10.1 Å². The van der Waals surface area contributed by atoms with E-state index < -0.39 is 0 Å². The van der Waals surface area contributed by atoms with E-state index in [1.165, 1.54) is 10.5 Å². The third kappa shape index (κ3) is 4.25. The van der Waals surface area contributed by atoms with Gasteiger partial charge in [-0.15, -0.1) is 11.8 Å². The highest BCUT2D eigenvalue weighted by molar-refractivity contribution is 7.98. The molecule has 0 saturated heterocycles. The summed E-state index contributed by atoms with van der Waals surface area (Å²) in [6, 6.07) is 16.4. The zero-order valence-electron chi connectivity index (χ0n) is 12.2. The standard InChI is InChI=1S/C17H18N2OS/c1-19-11-13-4-3-5-16(8-13)21-12-14-6-7-15(10-18)17(9-14)20-2/h3-9,19H,11-12H2,1-2H3. The van der Waals surface area contributed by atoms with Crippen molar-refractivity contribution in [3.8, 4) is 11.8 Å².